The van der Waals surface area contributed by atoms with Gasteiger partial charge >= 0.3 is 0 Å². The molecule has 0 saturated carbocycles. The Morgan fingerprint density at radius 1 is 1.35 bits per heavy atom. The molecule has 0 bridgehead atoms. The maximum atomic E-state index is 5.77. The minimum absolute atomic E-state index is 0.444. The summed E-state index contributed by atoms with van der Waals surface area (Å²) in [6, 6.07) is 4.56. The Balaban J connectivity index is 1.77. The first-order valence-corrected chi connectivity index (χ1v) is 8.75. The third-order valence-corrected chi connectivity index (χ3v) is 4.76. The van der Waals surface area contributed by atoms with Crippen molar-refractivity contribution in [1.82, 2.24) is 10.2 Å². The number of nitrogens with zero attached hydrogens (tertiary/aromatic N) is 1. The number of ether oxygens (including phenoxy) is 1. The van der Waals surface area contributed by atoms with E-state index in [1.54, 1.807) is 0 Å². The highest BCUT2D eigenvalue weighted by molar-refractivity contribution is 7.11. The van der Waals surface area contributed by atoms with E-state index in [2.05, 4.69) is 36.2 Å². The first-order valence-electron chi connectivity index (χ1n) is 7.94. The summed E-state index contributed by atoms with van der Waals surface area (Å²) >= 11 is 1.95. The van der Waals surface area contributed by atoms with Crippen molar-refractivity contribution in [1.29, 1.82) is 0 Å². The summed E-state index contributed by atoms with van der Waals surface area (Å²) in [6.45, 7) is 10.6. The number of thiophene rings is 1. The number of nitrogens with one attached hydrogen (secondary N) is 1. The van der Waals surface area contributed by atoms with Gasteiger partial charge in [-0.2, -0.15) is 0 Å². The standard InChI is InChI=1S/C16H28N2OS/c1-3-9-17-11-15-7-8-16(20-15)13-18-10-5-6-14(12-18)19-4-2/h7-8,14,17H,3-6,9-13H2,1-2H3. The van der Waals surface area contributed by atoms with Gasteiger partial charge in [0.25, 0.3) is 0 Å². The lowest BCUT2D eigenvalue weighted by Crippen LogP contribution is -2.39. The monoisotopic (exact) mass is 296 g/mol. The summed E-state index contributed by atoms with van der Waals surface area (Å²) < 4.78 is 5.77. The summed E-state index contributed by atoms with van der Waals surface area (Å²) in [5.74, 6) is 0. The molecule has 1 fully saturated rings. The molecule has 114 valence electrons. The van der Waals surface area contributed by atoms with Crippen LogP contribution in [0.3, 0.4) is 0 Å². The Morgan fingerprint density at radius 2 is 2.20 bits per heavy atom. The number of hydrogen-bond acceptors (Lipinski definition) is 4. The molecule has 1 unspecified atom stereocenters. The van der Waals surface area contributed by atoms with Crippen LogP contribution in [0.15, 0.2) is 12.1 Å². The molecule has 1 aromatic heterocycles. The first-order chi connectivity index (χ1) is 9.81. The Hall–Kier alpha value is -0.420. The van der Waals surface area contributed by atoms with Gasteiger partial charge in [0.15, 0.2) is 0 Å². The highest BCUT2D eigenvalue weighted by Gasteiger charge is 2.20. The molecular weight excluding hydrogens is 268 g/mol. The van der Waals surface area contributed by atoms with Crippen molar-refractivity contribution < 1.29 is 4.74 Å². The third-order valence-electron chi connectivity index (χ3n) is 3.69. The molecule has 1 N–H and O–H groups in total. The molecule has 0 radical (unpaired) electrons. The first kappa shape index (κ1) is 16.0. The molecule has 0 aliphatic carbocycles. The molecule has 1 aromatic rings. The fourth-order valence-corrected chi connectivity index (χ4v) is 3.77. The number of hydrogen-bond donors (Lipinski definition) is 1. The van der Waals surface area contributed by atoms with E-state index in [0.29, 0.717) is 6.10 Å². The van der Waals surface area contributed by atoms with Crippen molar-refractivity contribution in [2.24, 2.45) is 0 Å². The fraction of sp³-hybridized carbons (Fsp3) is 0.750. The van der Waals surface area contributed by atoms with Gasteiger partial charge in [-0.15, -0.1) is 11.3 Å². The zero-order valence-electron chi connectivity index (χ0n) is 12.9. The van der Waals surface area contributed by atoms with E-state index < -0.39 is 0 Å². The summed E-state index contributed by atoms with van der Waals surface area (Å²) in [5.41, 5.74) is 0. The van der Waals surface area contributed by atoms with Crippen molar-refractivity contribution in [2.75, 3.05) is 26.2 Å². The topological polar surface area (TPSA) is 24.5 Å². The third kappa shape index (κ3) is 5.17. The molecule has 1 saturated heterocycles. The Labute approximate surface area is 127 Å². The molecule has 2 rings (SSSR count). The molecule has 3 nitrogen and oxygen atoms in total. The molecule has 1 aliphatic heterocycles. The second-order valence-electron chi connectivity index (χ2n) is 5.50. The van der Waals surface area contributed by atoms with Crippen molar-refractivity contribution in [3.05, 3.63) is 21.9 Å². The van der Waals surface area contributed by atoms with Gasteiger partial charge in [0.05, 0.1) is 6.10 Å². The maximum Gasteiger partial charge on any atom is 0.0702 e. The zero-order chi connectivity index (χ0) is 14.2. The van der Waals surface area contributed by atoms with Crippen LogP contribution in [0, 0.1) is 0 Å². The van der Waals surface area contributed by atoms with Crippen LogP contribution in [0.5, 0.6) is 0 Å². The van der Waals surface area contributed by atoms with Crippen LogP contribution in [0.25, 0.3) is 0 Å². The van der Waals surface area contributed by atoms with E-state index >= 15 is 0 Å². The second kappa shape index (κ2) is 8.78. The van der Waals surface area contributed by atoms with Crippen molar-refractivity contribution in [2.45, 2.75) is 52.3 Å². The predicted octanol–water partition coefficient (Wildman–Crippen LogP) is 3.25. The molecule has 0 amide bonds. The van der Waals surface area contributed by atoms with E-state index in [0.717, 1.165) is 32.8 Å². The highest BCUT2D eigenvalue weighted by Crippen LogP contribution is 2.21. The Bertz CT molecular complexity index is 378. The van der Waals surface area contributed by atoms with E-state index in [4.69, 9.17) is 4.74 Å². The molecule has 2 heterocycles. The van der Waals surface area contributed by atoms with Gasteiger partial charge in [0.2, 0.25) is 0 Å². The van der Waals surface area contributed by atoms with Gasteiger partial charge in [0, 0.05) is 36.0 Å². The number of rotatable bonds is 8. The smallest absolute Gasteiger partial charge is 0.0702 e. The van der Waals surface area contributed by atoms with Gasteiger partial charge in [-0.1, -0.05) is 6.92 Å². The molecule has 4 heteroatoms. The van der Waals surface area contributed by atoms with Crippen LogP contribution >= 0.6 is 11.3 Å². The van der Waals surface area contributed by atoms with E-state index in [1.807, 2.05) is 11.3 Å². The lowest BCUT2D eigenvalue weighted by Gasteiger charge is -2.32. The average molecular weight is 296 g/mol. The van der Waals surface area contributed by atoms with Crippen molar-refractivity contribution in [3.63, 3.8) is 0 Å². The van der Waals surface area contributed by atoms with E-state index in [9.17, 15) is 0 Å². The summed E-state index contributed by atoms with van der Waals surface area (Å²) in [7, 11) is 0. The maximum absolute atomic E-state index is 5.77. The van der Waals surface area contributed by atoms with Crippen LogP contribution in [-0.2, 0) is 17.8 Å². The molecule has 0 spiro atoms. The Kier molecular flexibility index (Phi) is 7.00. The molecule has 20 heavy (non-hydrogen) atoms. The summed E-state index contributed by atoms with van der Waals surface area (Å²) in [4.78, 5) is 5.47. The lowest BCUT2D eigenvalue weighted by atomic mass is 10.1. The number of likely N-dealkylation sites (tertiary alicyclic amines) is 1. The van der Waals surface area contributed by atoms with Crippen LogP contribution in [0.4, 0.5) is 0 Å². The SMILES string of the molecule is CCCNCc1ccc(CN2CCCC(OCC)C2)s1. The largest absolute Gasteiger partial charge is 0.377 e. The minimum atomic E-state index is 0.444. The highest BCUT2D eigenvalue weighted by atomic mass is 32.1. The molecule has 0 aromatic carbocycles. The molecular formula is C16H28N2OS. The number of piperidine rings is 1. The van der Waals surface area contributed by atoms with Crippen LogP contribution < -0.4 is 5.32 Å². The van der Waals surface area contributed by atoms with Crippen molar-refractivity contribution >= 4 is 11.3 Å². The van der Waals surface area contributed by atoms with E-state index in [-0.39, 0.29) is 0 Å². The summed E-state index contributed by atoms with van der Waals surface area (Å²) in [6.07, 6.45) is 4.13. The molecule has 1 aliphatic rings. The molecule has 1 atom stereocenters. The zero-order valence-corrected chi connectivity index (χ0v) is 13.7. The normalized spacial score (nSPS) is 20.4. The average Bonchev–Trinajstić information content (AvgIpc) is 2.87. The van der Waals surface area contributed by atoms with Gasteiger partial charge in [-0.05, 0) is 51.4 Å². The van der Waals surface area contributed by atoms with Gasteiger partial charge < -0.3 is 10.1 Å². The fourth-order valence-electron chi connectivity index (χ4n) is 2.74. The van der Waals surface area contributed by atoms with Gasteiger partial charge in [-0.3, -0.25) is 4.90 Å². The quantitative estimate of drug-likeness (QED) is 0.745. The van der Waals surface area contributed by atoms with Crippen LogP contribution in [-0.4, -0.2) is 37.2 Å². The van der Waals surface area contributed by atoms with E-state index in [1.165, 1.54) is 35.6 Å². The van der Waals surface area contributed by atoms with Crippen LogP contribution in [0.2, 0.25) is 0 Å². The Morgan fingerprint density at radius 3 is 3.00 bits per heavy atom. The predicted molar refractivity (Wildman–Crippen MR) is 86.2 cm³/mol. The lowest BCUT2D eigenvalue weighted by molar-refractivity contribution is 0.00390. The van der Waals surface area contributed by atoms with Crippen molar-refractivity contribution in [3.8, 4) is 0 Å². The second-order valence-corrected chi connectivity index (χ2v) is 6.75. The minimum Gasteiger partial charge on any atom is -0.377 e. The van der Waals surface area contributed by atoms with Gasteiger partial charge in [-0.25, -0.2) is 0 Å². The van der Waals surface area contributed by atoms with Gasteiger partial charge in [0.1, 0.15) is 0 Å². The summed E-state index contributed by atoms with van der Waals surface area (Å²) in [5, 5.41) is 3.47. The van der Waals surface area contributed by atoms with Crippen LogP contribution in [0.1, 0.15) is 42.9 Å².